The monoisotopic (exact) mass is 493 g/mol. The van der Waals surface area contributed by atoms with Gasteiger partial charge in [-0.25, -0.2) is 4.98 Å². The summed E-state index contributed by atoms with van der Waals surface area (Å²) in [5.74, 6) is 2.59. The largest absolute Gasteiger partial charge is 0.496 e. The lowest BCUT2D eigenvalue weighted by Gasteiger charge is -2.40. The summed E-state index contributed by atoms with van der Waals surface area (Å²) < 4.78 is 18.7. The van der Waals surface area contributed by atoms with E-state index >= 15 is 0 Å². The van der Waals surface area contributed by atoms with Crippen molar-refractivity contribution < 1.29 is 19.0 Å². The molecule has 0 bridgehead atoms. The molecule has 7 heteroatoms. The highest BCUT2D eigenvalue weighted by molar-refractivity contribution is 5.84. The van der Waals surface area contributed by atoms with E-state index in [4.69, 9.17) is 19.2 Å². The van der Waals surface area contributed by atoms with Gasteiger partial charge in [0.05, 0.1) is 37.8 Å². The van der Waals surface area contributed by atoms with Crippen molar-refractivity contribution in [1.29, 1.82) is 0 Å². The van der Waals surface area contributed by atoms with E-state index in [0.29, 0.717) is 11.7 Å². The van der Waals surface area contributed by atoms with Crippen LogP contribution in [0.15, 0.2) is 36.4 Å². The Kier molecular flexibility index (Phi) is 7.48. The zero-order valence-electron chi connectivity index (χ0n) is 22.6. The van der Waals surface area contributed by atoms with Crippen LogP contribution >= 0.6 is 0 Å². The van der Waals surface area contributed by atoms with E-state index in [2.05, 4.69) is 30.7 Å². The minimum atomic E-state index is -0.308. The van der Waals surface area contributed by atoms with Crippen LogP contribution in [0.25, 0.3) is 11.0 Å². The first-order chi connectivity index (χ1) is 17.1. The third kappa shape index (κ3) is 5.77. The highest BCUT2D eigenvalue weighted by Gasteiger charge is 2.35. The van der Waals surface area contributed by atoms with Gasteiger partial charge in [0.2, 0.25) is 5.95 Å². The molecule has 1 fully saturated rings. The molecule has 2 atom stereocenters. The number of fused-ring (bicyclic) bond motifs is 1. The molecule has 1 N–H and O–H groups in total. The van der Waals surface area contributed by atoms with Crippen molar-refractivity contribution in [3.05, 3.63) is 42.0 Å². The molecule has 0 saturated heterocycles. The van der Waals surface area contributed by atoms with Gasteiger partial charge in [0.25, 0.3) is 0 Å². The Balaban J connectivity index is 1.79. The van der Waals surface area contributed by atoms with Crippen molar-refractivity contribution in [2.24, 2.45) is 11.3 Å². The van der Waals surface area contributed by atoms with E-state index in [1.807, 2.05) is 50.2 Å². The van der Waals surface area contributed by atoms with Crippen LogP contribution in [0.5, 0.6) is 11.5 Å². The molecule has 0 amide bonds. The lowest BCUT2D eigenvalue weighted by Crippen LogP contribution is -2.29. The molecule has 1 aromatic heterocycles. The van der Waals surface area contributed by atoms with Gasteiger partial charge < -0.3 is 24.1 Å². The van der Waals surface area contributed by atoms with Gasteiger partial charge in [0.1, 0.15) is 11.5 Å². The molecule has 1 aliphatic carbocycles. The van der Waals surface area contributed by atoms with E-state index in [1.54, 1.807) is 7.11 Å². The molecule has 36 heavy (non-hydrogen) atoms. The van der Waals surface area contributed by atoms with E-state index < -0.39 is 0 Å². The standard InChI is InChI=1S/C29H39N3O4/c1-18(2)36-23-10-8-21(9-11-23)30-28-31-24-13-20(14-27(33)35-7)26(34-6)15-25(24)32(28)22-12-19(3)16-29(4,5)17-22/h8-11,13,15,18-19,22H,12,14,16-17H2,1-7H3,(H,30,31)/t19-,22+/m1/s1. The average Bonchev–Trinajstić information content (AvgIpc) is 3.14. The number of nitrogens with zero attached hydrogens (tertiary/aromatic N) is 2. The van der Waals surface area contributed by atoms with Gasteiger partial charge in [-0.1, -0.05) is 20.8 Å². The fraction of sp³-hybridized carbons (Fsp3) is 0.517. The number of anilines is 2. The number of esters is 1. The van der Waals surface area contributed by atoms with Crippen molar-refractivity contribution in [3.63, 3.8) is 0 Å². The van der Waals surface area contributed by atoms with E-state index in [-0.39, 0.29) is 30.0 Å². The van der Waals surface area contributed by atoms with Gasteiger partial charge in [0.15, 0.2) is 0 Å². The van der Waals surface area contributed by atoms with E-state index in [9.17, 15) is 4.79 Å². The van der Waals surface area contributed by atoms with Gasteiger partial charge in [-0.2, -0.15) is 0 Å². The Morgan fingerprint density at radius 2 is 1.89 bits per heavy atom. The zero-order chi connectivity index (χ0) is 26.0. The van der Waals surface area contributed by atoms with Crippen molar-refractivity contribution in [2.75, 3.05) is 19.5 Å². The molecule has 1 aliphatic rings. The predicted molar refractivity (Wildman–Crippen MR) is 143 cm³/mol. The average molecular weight is 494 g/mol. The first kappa shape index (κ1) is 25.9. The molecule has 0 radical (unpaired) electrons. The Bertz CT molecular complexity index is 1210. The summed E-state index contributed by atoms with van der Waals surface area (Å²) in [5, 5.41) is 3.55. The van der Waals surface area contributed by atoms with Crippen LogP contribution < -0.4 is 14.8 Å². The highest BCUT2D eigenvalue weighted by Crippen LogP contribution is 2.46. The number of carbonyl (C=O) groups is 1. The maximum atomic E-state index is 12.0. The van der Waals surface area contributed by atoms with Crippen LogP contribution in [-0.2, 0) is 16.0 Å². The molecular formula is C29H39N3O4. The Morgan fingerprint density at radius 1 is 1.17 bits per heavy atom. The van der Waals surface area contributed by atoms with Crippen LogP contribution in [0.2, 0.25) is 0 Å². The first-order valence-electron chi connectivity index (χ1n) is 12.8. The number of benzene rings is 2. The summed E-state index contributed by atoms with van der Waals surface area (Å²) in [6, 6.07) is 12.2. The summed E-state index contributed by atoms with van der Waals surface area (Å²) in [5.41, 5.74) is 3.76. The molecule has 3 aromatic rings. The molecule has 1 heterocycles. The number of carbonyl (C=O) groups excluding carboxylic acids is 1. The summed E-state index contributed by atoms with van der Waals surface area (Å²) in [6.45, 7) is 11.1. The lowest BCUT2D eigenvalue weighted by molar-refractivity contribution is -0.139. The van der Waals surface area contributed by atoms with E-state index in [0.717, 1.165) is 46.8 Å². The summed E-state index contributed by atoms with van der Waals surface area (Å²) >= 11 is 0. The number of imidazole rings is 1. The molecule has 0 aliphatic heterocycles. The third-order valence-electron chi connectivity index (χ3n) is 6.87. The van der Waals surface area contributed by atoms with Gasteiger partial charge >= 0.3 is 5.97 Å². The van der Waals surface area contributed by atoms with Gasteiger partial charge in [-0.15, -0.1) is 0 Å². The zero-order valence-corrected chi connectivity index (χ0v) is 22.6. The molecule has 2 aromatic carbocycles. The smallest absolute Gasteiger partial charge is 0.310 e. The number of hydrogen-bond acceptors (Lipinski definition) is 6. The SMILES string of the molecule is COC(=O)Cc1cc2nc(Nc3ccc(OC(C)C)cc3)n([C@H]3C[C@@H](C)CC(C)(C)C3)c2cc1OC. The number of hydrogen-bond donors (Lipinski definition) is 1. The molecule has 194 valence electrons. The Labute approximate surface area is 214 Å². The maximum Gasteiger partial charge on any atom is 0.310 e. The van der Waals surface area contributed by atoms with Gasteiger partial charge in [-0.05, 0) is 74.8 Å². The maximum absolute atomic E-state index is 12.0. The van der Waals surface area contributed by atoms with Crippen LogP contribution in [0.4, 0.5) is 11.6 Å². The highest BCUT2D eigenvalue weighted by atomic mass is 16.5. The minimum absolute atomic E-state index is 0.124. The molecule has 7 nitrogen and oxygen atoms in total. The second-order valence-electron chi connectivity index (χ2n) is 11.1. The van der Waals surface area contributed by atoms with Crippen molar-refractivity contribution >= 4 is 28.6 Å². The Hall–Kier alpha value is -3.22. The lowest BCUT2D eigenvalue weighted by atomic mass is 9.70. The molecule has 1 saturated carbocycles. The second-order valence-corrected chi connectivity index (χ2v) is 11.1. The Morgan fingerprint density at radius 3 is 2.50 bits per heavy atom. The third-order valence-corrected chi connectivity index (χ3v) is 6.87. The van der Waals surface area contributed by atoms with Crippen LogP contribution in [0.3, 0.4) is 0 Å². The van der Waals surface area contributed by atoms with Crippen LogP contribution in [-0.4, -0.2) is 35.8 Å². The van der Waals surface area contributed by atoms with Gasteiger partial charge in [-0.3, -0.25) is 4.79 Å². The minimum Gasteiger partial charge on any atom is -0.496 e. The predicted octanol–water partition coefficient (Wildman–Crippen LogP) is 6.68. The number of rotatable bonds is 8. The van der Waals surface area contributed by atoms with Crippen molar-refractivity contribution in [1.82, 2.24) is 9.55 Å². The number of methoxy groups -OCH3 is 2. The number of nitrogens with one attached hydrogen (secondary N) is 1. The normalized spacial score (nSPS) is 19.3. The number of ether oxygens (including phenoxy) is 3. The van der Waals surface area contributed by atoms with E-state index in [1.165, 1.54) is 13.5 Å². The fourth-order valence-corrected chi connectivity index (χ4v) is 5.69. The summed E-state index contributed by atoms with van der Waals surface area (Å²) in [6.07, 6.45) is 3.61. The molecule has 0 unspecified atom stereocenters. The number of aromatic nitrogens is 2. The summed E-state index contributed by atoms with van der Waals surface area (Å²) in [7, 11) is 3.03. The summed E-state index contributed by atoms with van der Waals surface area (Å²) in [4.78, 5) is 17.0. The van der Waals surface area contributed by atoms with Crippen LogP contribution in [0.1, 0.15) is 65.5 Å². The van der Waals surface area contributed by atoms with Crippen molar-refractivity contribution in [2.45, 2.75) is 72.4 Å². The van der Waals surface area contributed by atoms with Gasteiger partial charge in [0, 0.05) is 23.4 Å². The second kappa shape index (κ2) is 10.4. The fourth-order valence-electron chi connectivity index (χ4n) is 5.69. The van der Waals surface area contributed by atoms with Crippen LogP contribution in [0, 0.1) is 11.3 Å². The first-order valence-corrected chi connectivity index (χ1v) is 12.8. The quantitative estimate of drug-likeness (QED) is 0.353. The molecule has 4 rings (SSSR count). The topological polar surface area (TPSA) is 74.6 Å². The van der Waals surface area contributed by atoms with Crippen molar-refractivity contribution in [3.8, 4) is 11.5 Å². The molecular weight excluding hydrogens is 454 g/mol. The molecule has 0 spiro atoms.